The van der Waals surface area contributed by atoms with Crippen LogP contribution in [0.4, 0.5) is 5.69 Å². The van der Waals surface area contributed by atoms with E-state index in [1.54, 1.807) is 42.3 Å². The zero-order chi connectivity index (χ0) is 36.4. The van der Waals surface area contributed by atoms with Gasteiger partial charge in [0.25, 0.3) is 5.91 Å². The zero-order valence-corrected chi connectivity index (χ0v) is 30.1. The predicted octanol–water partition coefficient (Wildman–Crippen LogP) is 9.41. The van der Waals surface area contributed by atoms with Crippen molar-refractivity contribution in [3.8, 4) is 39.5 Å². The Labute approximate surface area is 311 Å². The van der Waals surface area contributed by atoms with Crippen molar-refractivity contribution in [1.82, 2.24) is 0 Å². The number of amides is 1. The van der Waals surface area contributed by atoms with E-state index in [1.807, 2.05) is 91.0 Å². The van der Waals surface area contributed by atoms with E-state index in [-0.39, 0.29) is 5.91 Å². The van der Waals surface area contributed by atoms with E-state index >= 15 is 0 Å². The number of hydrogen-bond donors (Lipinski definition) is 0. The smallest absolute Gasteiger partial charge is 0.343 e. The van der Waals surface area contributed by atoms with Crippen LogP contribution in [0.2, 0.25) is 0 Å². The average Bonchev–Trinajstić information content (AvgIpc) is 4.15. The Bertz CT molecular complexity index is 1950. The highest BCUT2D eigenvalue weighted by Crippen LogP contribution is 2.27. The molecule has 0 N–H and O–H groups in total. The van der Waals surface area contributed by atoms with E-state index in [0.29, 0.717) is 48.0 Å². The summed E-state index contributed by atoms with van der Waals surface area (Å²) < 4.78 is 28.0. The molecule has 1 amide bonds. The molecule has 0 aliphatic carbocycles. The molecule has 5 aromatic carbocycles. The van der Waals surface area contributed by atoms with Gasteiger partial charge in [-0.05, 0) is 121 Å². The Balaban J connectivity index is 0.886. The summed E-state index contributed by atoms with van der Waals surface area (Å²) in [6.45, 7) is 3.20. The fourth-order valence-electron chi connectivity index (χ4n) is 6.12. The van der Waals surface area contributed by atoms with E-state index < -0.39 is 5.97 Å². The molecular weight excluding hydrogens is 666 g/mol. The molecule has 2 fully saturated rings. The van der Waals surface area contributed by atoms with Crippen LogP contribution in [0.5, 0.6) is 17.2 Å². The lowest BCUT2D eigenvalue weighted by Gasteiger charge is -2.18. The van der Waals surface area contributed by atoms with Gasteiger partial charge < -0.3 is 28.6 Å². The first-order valence-corrected chi connectivity index (χ1v) is 18.5. The molecule has 2 atom stereocenters. The molecule has 5 aromatic rings. The molecule has 2 aliphatic heterocycles. The second-order valence-electron chi connectivity index (χ2n) is 13.6. The maximum atomic E-state index is 13.4. The number of benzene rings is 5. The minimum atomic E-state index is -0.478. The lowest BCUT2D eigenvalue weighted by atomic mass is 10.0. The summed E-state index contributed by atoms with van der Waals surface area (Å²) in [5, 5.41) is 0. The Morgan fingerprint density at radius 1 is 0.585 bits per heavy atom. The maximum absolute atomic E-state index is 13.4. The van der Waals surface area contributed by atoms with Gasteiger partial charge in [0, 0.05) is 24.4 Å². The summed E-state index contributed by atoms with van der Waals surface area (Å²) in [5.41, 5.74) is 5.64. The highest BCUT2D eigenvalue weighted by Gasteiger charge is 2.22. The number of esters is 1. The Kier molecular flexibility index (Phi) is 11.8. The first-order chi connectivity index (χ1) is 26.0. The average molecular weight is 712 g/mol. The molecule has 0 radical (unpaired) electrons. The van der Waals surface area contributed by atoms with E-state index in [2.05, 4.69) is 0 Å². The van der Waals surface area contributed by atoms with Crippen molar-refractivity contribution in [2.45, 2.75) is 50.7 Å². The molecule has 0 spiro atoms. The van der Waals surface area contributed by atoms with Gasteiger partial charge in [-0.1, -0.05) is 54.6 Å². The monoisotopic (exact) mass is 711 g/mol. The lowest BCUT2D eigenvalue weighted by Crippen LogP contribution is -2.26. The van der Waals surface area contributed by atoms with E-state index in [1.165, 1.54) is 0 Å². The van der Waals surface area contributed by atoms with Crippen LogP contribution in [0, 0.1) is 0 Å². The molecule has 7 rings (SSSR count). The number of anilines is 1. The summed E-state index contributed by atoms with van der Waals surface area (Å²) >= 11 is 0. The van der Waals surface area contributed by atoms with Crippen LogP contribution in [-0.4, -0.2) is 57.6 Å². The predicted molar refractivity (Wildman–Crippen MR) is 206 cm³/mol. The van der Waals surface area contributed by atoms with Crippen LogP contribution in [-0.2, 0) is 9.47 Å². The number of carbonyl (C=O) groups is 2. The fraction of sp³-hybridized carbons (Fsp3) is 0.289. The number of ether oxygens (including phenoxy) is 5. The normalized spacial score (nSPS) is 15.7. The van der Waals surface area contributed by atoms with Gasteiger partial charge in [-0.3, -0.25) is 4.79 Å². The Morgan fingerprint density at radius 2 is 1.04 bits per heavy atom. The molecule has 0 bridgehead atoms. The van der Waals surface area contributed by atoms with Crippen LogP contribution >= 0.6 is 0 Å². The topological polar surface area (TPSA) is 90.1 Å². The number of rotatable bonds is 18. The molecule has 8 heteroatoms. The van der Waals surface area contributed by atoms with Crippen LogP contribution in [0.25, 0.3) is 22.3 Å². The number of carbonyl (C=O) groups excluding carboxylic acids is 2. The molecule has 0 saturated carbocycles. The van der Waals surface area contributed by atoms with Gasteiger partial charge in [-0.2, -0.15) is 0 Å². The number of hydrogen-bond acceptors (Lipinski definition) is 7. The number of nitrogens with zero attached hydrogens (tertiary/aromatic N) is 1. The molecule has 8 nitrogen and oxygen atoms in total. The van der Waals surface area contributed by atoms with Crippen molar-refractivity contribution in [2.75, 3.05) is 38.4 Å². The van der Waals surface area contributed by atoms with Crippen LogP contribution < -0.4 is 19.1 Å². The van der Waals surface area contributed by atoms with Gasteiger partial charge in [-0.15, -0.1) is 0 Å². The third-order valence-corrected chi connectivity index (χ3v) is 9.53. The second kappa shape index (κ2) is 17.4. The zero-order valence-electron chi connectivity index (χ0n) is 30.1. The minimum Gasteiger partial charge on any atom is -0.494 e. The summed E-state index contributed by atoms with van der Waals surface area (Å²) in [6.07, 6.45) is 7.42. The quantitative estimate of drug-likeness (QED) is 0.0387. The Hall–Kier alpha value is -5.44. The highest BCUT2D eigenvalue weighted by atomic mass is 16.6. The van der Waals surface area contributed by atoms with Crippen molar-refractivity contribution in [2.24, 2.45) is 0 Å². The standard InChI is InChI=1S/C45H45NO7/c1-46(44(47)36-15-11-32(12-16-36)34-19-23-39(24-20-34)49-27-4-2-8-42-30-51-42)38-7-6-10-41(29-38)53-45(48)37-17-13-33(14-18-37)35-21-25-40(26-22-35)50-28-5-3-9-43-31-52-43/h6-7,10-26,29,42-43H,2-5,8-9,27-28,30-31H2,1H3. The number of unbranched alkanes of at least 4 members (excludes halogenated alkanes) is 2. The molecule has 2 heterocycles. The van der Waals surface area contributed by atoms with Crippen LogP contribution in [0.3, 0.4) is 0 Å². The molecule has 272 valence electrons. The highest BCUT2D eigenvalue weighted by molar-refractivity contribution is 6.06. The SMILES string of the molecule is CN(C(=O)c1ccc(-c2ccc(OCCCCC3CO3)cc2)cc1)c1cccc(OC(=O)c2ccc(-c3ccc(OCCCCC4CO4)cc3)cc2)c1. The van der Waals surface area contributed by atoms with E-state index in [9.17, 15) is 9.59 Å². The largest absolute Gasteiger partial charge is 0.494 e. The third-order valence-electron chi connectivity index (χ3n) is 9.53. The molecule has 2 saturated heterocycles. The summed E-state index contributed by atoms with van der Waals surface area (Å²) in [6, 6.07) is 37.8. The van der Waals surface area contributed by atoms with Gasteiger partial charge in [0.2, 0.25) is 0 Å². The minimum absolute atomic E-state index is 0.174. The van der Waals surface area contributed by atoms with Gasteiger partial charge >= 0.3 is 5.97 Å². The van der Waals surface area contributed by atoms with Crippen molar-refractivity contribution < 1.29 is 33.3 Å². The Morgan fingerprint density at radius 3 is 1.51 bits per heavy atom. The third kappa shape index (κ3) is 10.3. The van der Waals surface area contributed by atoms with Gasteiger partial charge in [0.1, 0.15) is 17.2 Å². The summed E-state index contributed by atoms with van der Waals surface area (Å²) in [5.74, 6) is 1.39. The maximum Gasteiger partial charge on any atom is 0.343 e. The van der Waals surface area contributed by atoms with Gasteiger partial charge in [-0.25, -0.2) is 4.79 Å². The molecule has 0 aromatic heterocycles. The summed E-state index contributed by atoms with van der Waals surface area (Å²) in [7, 11) is 1.71. The van der Waals surface area contributed by atoms with Crippen molar-refractivity contribution >= 4 is 17.6 Å². The molecule has 2 aliphatic rings. The van der Waals surface area contributed by atoms with Crippen molar-refractivity contribution in [1.29, 1.82) is 0 Å². The van der Waals surface area contributed by atoms with Crippen LogP contribution in [0.15, 0.2) is 121 Å². The first kappa shape index (κ1) is 35.9. The van der Waals surface area contributed by atoms with E-state index in [0.717, 1.165) is 85.5 Å². The van der Waals surface area contributed by atoms with Crippen LogP contribution in [0.1, 0.15) is 59.2 Å². The van der Waals surface area contributed by atoms with Crippen molar-refractivity contribution in [3.05, 3.63) is 132 Å². The fourth-order valence-corrected chi connectivity index (χ4v) is 6.12. The van der Waals surface area contributed by atoms with Crippen molar-refractivity contribution in [3.63, 3.8) is 0 Å². The van der Waals surface area contributed by atoms with Gasteiger partial charge in [0.05, 0.1) is 44.2 Å². The lowest BCUT2D eigenvalue weighted by molar-refractivity contribution is 0.0734. The van der Waals surface area contributed by atoms with Gasteiger partial charge in [0.15, 0.2) is 0 Å². The van der Waals surface area contributed by atoms with E-state index in [4.69, 9.17) is 23.7 Å². The number of epoxide rings is 2. The second-order valence-corrected chi connectivity index (χ2v) is 13.6. The molecule has 53 heavy (non-hydrogen) atoms. The molecular formula is C45H45NO7. The first-order valence-electron chi connectivity index (χ1n) is 18.5. The summed E-state index contributed by atoms with van der Waals surface area (Å²) in [4.78, 5) is 28.0. The molecule has 2 unspecified atom stereocenters.